The Morgan fingerprint density at radius 1 is 0.215 bits per heavy atom. The highest BCUT2D eigenvalue weighted by Gasteiger charge is 2.03. The minimum absolute atomic E-state index is 0.759. The molecule has 17 aromatic rings. The fraction of sp³-hybridized carbons (Fsp3) is 0.308. The predicted molar refractivity (Wildman–Crippen MR) is 525 cm³/mol. The summed E-state index contributed by atoms with van der Waals surface area (Å²) in [5.74, 6) is 2.64. The van der Waals surface area contributed by atoms with Crippen LogP contribution in [0.2, 0.25) is 0 Å². The van der Waals surface area contributed by atoms with Gasteiger partial charge in [0, 0.05) is 132 Å². The van der Waals surface area contributed by atoms with Crippen LogP contribution in [0.4, 0.5) is 0 Å². The molecule has 12 aromatic heterocycles. The van der Waals surface area contributed by atoms with Gasteiger partial charge in [-0.25, -0.2) is 29.9 Å². The molecular formula is C104H145N17. The summed E-state index contributed by atoms with van der Waals surface area (Å²) >= 11 is 0. The summed E-state index contributed by atoms with van der Waals surface area (Å²) in [5.41, 5.74) is 16.6. The summed E-state index contributed by atoms with van der Waals surface area (Å²) in [4.78, 5) is 64.5. The van der Waals surface area contributed by atoms with Crippen molar-refractivity contribution in [3.8, 4) is 0 Å². The molecule has 17 nitrogen and oxygen atoms in total. The summed E-state index contributed by atoms with van der Waals surface area (Å²) in [6.07, 6.45) is 25.9. The maximum atomic E-state index is 4.54. The number of para-hydroxylation sites is 4. The lowest BCUT2D eigenvalue weighted by atomic mass is 10.1. The minimum atomic E-state index is 0.759. The molecule has 0 amide bonds. The highest BCUT2D eigenvalue weighted by atomic mass is 15.0. The van der Waals surface area contributed by atoms with Crippen LogP contribution in [0.1, 0.15) is 201 Å². The summed E-state index contributed by atoms with van der Waals surface area (Å²) < 4.78 is 2.09. The van der Waals surface area contributed by atoms with E-state index < -0.39 is 0 Å². The number of hydrogen-bond donors (Lipinski definition) is 0. The average molecular weight is 1630 g/mol. The number of fused-ring (bicyclic) bond motifs is 7. The normalized spacial score (nSPS) is 8.66. The molecule has 0 saturated carbocycles. The van der Waals surface area contributed by atoms with E-state index >= 15 is 0 Å². The van der Waals surface area contributed by atoms with Gasteiger partial charge < -0.3 is 4.57 Å². The number of rotatable bonds is 0. The van der Waals surface area contributed by atoms with Crippen LogP contribution in [-0.2, 0) is 7.05 Å². The monoisotopic (exact) mass is 1630 g/mol. The molecule has 0 unspecified atom stereocenters. The van der Waals surface area contributed by atoms with Crippen molar-refractivity contribution in [2.24, 2.45) is 7.05 Å². The quantitative estimate of drug-likeness (QED) is 0.129. The molecule has 0 radical (unpaired) electrons. The van der Waals surface area contributed by atoms with Crippen LogP contribution in [0.15, 0.2) is 299 Å². The Morgan fingerprint density at radius 2 is 0.669 bits per heavy atom. The first kappa shape index (κ1) is 115. The van der Waals surface area contributed by atoms with E-state index in [9.17, 15) is 0 Å². The van der Waals surface area contributed by atoms with Gasteiger partial charge in [0.2, 0.25) is 0 Å². The Bertz CT molecular complexity index is 4680. The molecule has 121 heavy (non-hydrogen) atoms. The summed E-state index contributed by atoms with van der Waals surface area (Å²) in [5, 5.41) is 5.92. The Kier molecular flexibility index (Phi) is 74.2. The molecule has 17 heteroatoms. The van der Waals surface area contributed by atoms with Crippen LogP contribution in [0.5, 0.6) is 0 Å². The van der Waals surface area contributed by atoms with Crippen molar-refractivity contribution in [2.75, 3.05) is 0 Å². The van der Waals surface area contributed by atoms with Crippen molar-refractivity contribution in [1.82, 2.24) is 84.3 Å². The molecular weight excluding hydrogens is 1490 g/mol. The van der Waals surface area contributed by atoms with E-state index in [1.54, 1.807) is 61.8 Å². The molecule has 0 atom stereocenters. The van der Waals surface area contributed by atoms with Crippen LogP contribution in [0, 0.1) is 76.2 Å². The van der Waals surface area contributed by atoms with E-state index in [4.69, 9.17) is 0 Å². The predicted octanol–water partition coefficient (Wildman–Crippen LogP) is 28.8. The van der Waals surface area contributed by atoms with Crippen LogP contribution in [0.25, 0.3) is 65.5 Å². The van der Waals surface area contributed by atoms with Crippen LogP contribution < -0.4 is 0 Å². The van der Waals surface area contributed by atoms with E-state index in [0.717, 1.165) is 84.1 Å². The molecule has 0 spiro atoms. The molecule has 0 bridgehead atoms. The highest BCUT2D eigenvalue weighted by molar-refractivity contribution is 6.02. The van der Waals surface area contributed by atoms with Gasteiger partial charge in [-0.1, -0.05) is 247 Å². The third-order valence-electron chi connectivity index (χ3n) is 14.3. The van der Waals surface area contributed by atoms with Crippen molar-refractivity contribution in [2.45, 2.75) is 215 Å². The number of pyridine rings is 8. The van der Waals surface area contributed by atoms with Crippen molar-refractivity contribution in [3.63, 3.8) is 0 Å². The summed E-state index contributed by atoms with van der Waals surface area (Å²) in [6.45, 7) is 61.8. The molecule has 5 aromatic carbocycles. The molecule has 0 fully saturated rings. The molecule has 0 aliphatic heterocycles. The van der Waals surface area contributed by atoms with Gasteiger partial charge in [-0.05, 0) is 196 Å². The number of aromatic nitrogens is 17. The van der Waals surface area contributed by atoms with E-state index in [2.05, 4.69) is 171 Å². The zero-order valence-corrected chi connectivity index (χ0v) is 79.4. The Hall–Kier alpha value is -12.8. The van der Waals surface area contributed by atoms with Crippen LogP contribution in [0.3, 0.4) is 0 Å². The maximum Gasteiger partial charge on any atom is 0.128 e. The Morgan fingerprint density at radius 3 is 1.14 bits per heavy atom. The number of nitrogens with zero attached hydrogens (tertiary/aromatic N) is 17. The third kappa shape index (κ3) is 51.9. The number of imidazole rings is 1. The number of benzene rings is 5. The van der Waals surface area contributed by atoms with Crippen molar-refractivity contribution < 1.29 is 0 Å². The Balaban J connectivity index is -0.000000614. The molecule has 0 aliphatic rings. The second-order valence-corrected chi connectivity index (χ2v) is 22.8. The lowest BCUT2D eigenvalue weighted by molar-refractivity contribution is 0.886. The van der Waals surface area contributed by atoms with Gasteiger partial charge in [0.05, 0.1) is 44.3 Å². The molecule has 646 valence electrons. The lowest BCUT2D eigenvalue weighted by Crippen LogP contribution is -1.89. The molecule has 0 saturated heterocycles. The molecule has 0 aliphatic carbocycles. The van der Waals surface area contributed by atoms with E-state index in [1.165, 1.54) is 56.6 Å². The van der Waals surface area contributed by atoms with Crippen LogP contribution >= 0.6 is 0 Å². The zero-order chi connectivity index (χ0) is 91.8. The maximum absolute atomic E-state index is 4.54. The number of aryl methyl sites for hydroxylation is 12. The van der Waals surface area contributed by atoms with E-state index in [-0.39, 0.29) is 0 Å². The minimum Gasteiger partial charge on any atom is -0.331 e. The van der Waals surface area contributed by atoms with Gasteiger partial charge >= 0.3 is 0 Å². The molecule has 0 N–H and O–H groups in total. The fourth-order valence-electron chi connectivity index (χ4n) is 9.00. The van der Waals surface area contributed by atoms with Crippen molar-refractivity contribution in [1.29, 1.82) is 0 Å². The first-order valence-electron chi connectivity index (χ1n) is 42.7. The van der Waals surface area contributed by atoms with Crippen molar-refractivity contribution in [3.05, 3.63) is 362 Å². The highest BCUT2D eigenvalue weighted by Crippen LogP contribution is 2.22. The summed E-state index contributed by atoms with van der Waals surface area (Å²) in [7, 11) is 2.03. The lowest BCUT2D eigenvalue weighted by Gasteiger charge is -2.02. The van der Waals surface area contributed by atoms with Gasteiger partial charge in [-0.2, -0.15) is 0 Å². The first-order valence-corrected chi connectivity index (χ1v) is 42.7. The largest absolute Gasteiger partial charge is 0.331 e. The van der Waals surface area contributed by atoms with Crippen molar-refractivity contribution >= 4 is 65.5 Å². The van der Waals surface area contributed by atoms with Gasteiger partial charge in [0.1, 0.15) is 30.1 Å². The fourth-order valence-corrected chi connectivity index (χ4v) is 9.00. The third-order valence-corrected chi connectivity index (χ3v) is 14.3. The van der Waals surface area contributed by atoms with E-state index in [1.807, 2.05) is 360 Å². The standard InChI is InChI=1S/C13H10N2.3C10H9N.C9H10N2.3C6H7N.2C5H6N2.C4H5N3.10C2H6/c1-9-4-5-11-7-6-10-3-2-8-14-12(10)13(11)15-9;1-8-4-5-10-9(7-8)3-2-6-11-10;1-8-6-9-4-2-3-5-10(9)11-7-8;1-8-6-7-9-4-2-3-5-10(9)11-8;1-7-10-8-5-3-4-6-9(8)11(7)2;1-6-2-4-7-5-3-6;1-6-3-2-4-7-5-6;1-6-4-2-3-5-7-6;1-5-4-6-2-3-7-5;1-5-6-3-2-4-7-5;1-4-6-2-5-3-7-4;10*1-2/h2-8H,1H3;3*2-7H,1H3;3-6H,1-2H3;3*2-5H,1H3;2*2-4H,1H3;2-3H,1H3;10*1-2H3. The number of hydrogen-bond acceptors (Lipinski definition) is 16. The first-order chi connectivity index (χ1) is 59.1. The molecule has 12 heterocycles. The van der Waals surface area contributed by atoms with Gasteiger partial charge in [-0.3, -0.25) is 49.8 Å². The van der Waals surface area contributed by atoms with E-state index in [0.29, 0.717) is 0 Å². The SMILES string of the molecule is CC.CC.CC.CC.CC.CC.CC.CC.CC.CC.Cc1ccc2ccc3cccnc3c2n1.Cc1ccc2ccccc2n1.Cc1ccc2ncccc2c1.Cc1ccccn1.Cc1cccnc1.Cc1ccncc1.Cc1cnc2ccccc2c1.Cc1cnccn1.Cc1nc2ccccc2n1C.Cc1ncccn1.Cc1ncncn1. The van der Waals surface area contributed by atoms with Gasteiger partial charge in [0.15, 0.2) is 0 Å². The smallest absolute Gasteiger partial charge is 0.128 e. The average Bonchev–Trinajstić information content (AvgIpc) is 1.06. The Labute approximate surface area is 729 Å². The molecule has 17 rings (SSSR count). The van der Waals surface area contributed by atoms with Gasteiger partial charge in [-0.15, -0.1) is 0 Å². The topological polar surface area (TPSA) is 211 Å². The summed E-state index contributed by atoms with van der Waals surface area (Å²) in [6, 6.07) is 68.8. The van der Waals surface area contributed by atoms with Crippen LogP contribution in [-0.4, -0.2) is 84.3 Å². The second kappa shape index (κ2) is 78.4. The van der Waals surface area contributed by atoms with Gasteiger partial charge in [0.25, 0.3) is 0 Å². The zero-order valence-electron chi connectivity index (χ0n) is 79.4. The second-order valence-electron chi connectivity index (χ2n) is 22.8.